The average molecular weight is 357 g/mol. The Morgan fingerprint density at radius 2 is 1.77 bits per heavy atom. The molecule has 1 saturated heterocycles. The van der Waals surface area contributed by atoms with Crippen LogP contribution in [-0.2, 0) is 0 Å². The van der Waals surface area contributed by atoms with Gasteiger partial charge in [0.05, 0.1) is 46.9 Å². The molecule has 4 rings (SSSR count). The second-order valence-corrected chi connectivity index (χ2v) is 7.89. The van der Waals surface area contributed by atoms with Crippen LogP contribution in [0.1, 0.15) is 23.2 Å². The molecule has 1 aromatic rings. The molecule has 2 bridgehead atoms. The van der Waals surface area contributed by atoms with Gasteiger partial charge in [0.1, 0.15) is 11.5 Å². The van der Waals surface area contributed by atoms with Crippen molar-refractivity contribution in [2.24, 2.45) is 17.8 Å². The van der Waals surface area contributed by atoms with Gasteiger partial charge in [0, 0.05) is 17.5 Å². The van der Waals surface area contributed by atoms with Gasteiger partial charge in [-0.2, -0.15) is 0 Å². The van der Waals surface area contributed by atoms with E-state index in [4.69, 9.17) is 9.47 Å². The Hall–Kier alpha value is -2.01. The fourth-order valence-corrected chi connectivity index (χ4v) is 4.84. The van der Waals surface area contributed by atoms with Gasteiger partial charge in [0.15, 0.2) is 0 Å². The number of piperazine rings is 1. The van der Waals surface area contributed by atoms with Crippen molar-refractivity contribution in [1.29, 1.82) is 0 Å². The smallest absolute Gasteiger partial charge is 0.254 e. The summed E-state index contributed by atoms with van der Waals surface area (Å²) in [5, 5.41) is 0. The molecule has 3 aliphatic rings. The molecule has 5 heteroatoms. The lowest BCUT2D eigenvalue weighted by molar-refractivity contribution is -0.907. The fraction of sp³-hybridized carbons (Fsp3) is 0.571. The van der Waals surface area contributed by atoms with E-state index in [0.29, 0.717) is 17.1 Å². The molecule has 5 nitrogen and oxygen atoms in total. The van der Waals surface area contributed by atoms with Gasteiger partial charge in [-0.05, 0) is 36.8 Å². The minimum Gasteiger partial charge on any atom is -0.497 e. The summed E-state index contributed by atoms with van der Waals surface area (Å²) in [5.41, 5.74) is 0.642. The van der Waals surface area contributed by atoms with E-state index in [2.05, 4.69) is 12.2 Å². The molecule has 1 saturated carbocycles. The summed E-state index contributed by atoms with van der Waals surface area (Å²) in [6, 6.07) is 5.39. The first-order valence-corrected chi connectivity index (χ1v) is 9.70. The van der Waals surface area contributed by atoms with Crippen LogP contribution in [0, 0.1) is 17.8 Å². The van der Waals surface area contributed by atoms with Crippen LogP contribution in [0.4, 0.5) is 0 Å². The Balaban J connectivity index is 1.34. The number of rotatable bonds is 5. The highest BCUT2D eigenvalue weighted by Gasteiger charge is 2.38. The molecule has 140 valence electrons. The largest absolute Gasteiger partial charge is 0.497 e. The van der Waals surface area contributed by atoms with Crippen molar-refractivity contribution in [3.05, 3.63) is 35.9 Å². The van der Waals surface area contributed by atoms with Crippen molar-refractivity contribution in [2.75, 3.05) is 46.9 Å². The highest BCUT2D eigenvalue weighted by molar-refractivity contribution is 5.95. The number of benzene rings is 1. The van der Waals surface area contributed by atoms with E-state index in [1.165, 1.54) is 19.4 Å². The third kappa shape index (κ3) is 3.45. The highest BCUT2D eigenvalue weighted by atomic mass is 16.5. The molecule has 0 radical (unpaired) electrons. The first kappa shape index (κ1) is 17.4. The number of methoxy groups -OCH3 is 2. The van der Waals surface area contributed by atoms with Crippen molar-refractivity contribution >= 4 is 5.91 Å². The molecule has 3 atom stereocenters. The number of carbonyl (C=O) groups is 1. The molecule has 1 heterocycles. The first-order chi connectivity index (χ1) is 12.7. The lowest BCUT2D eigenvalue weighted by atomic mass is 9.93. The van der Waals surface area contributed by atoms with Crippen LogP contribution in [-0.4, -0.2) is 57.8 Å². The minimum atomic E-state index is 0.0732. The van der Waals surface area contributed by atoms with E-state index < -0.39 is 0 Å². The molecule has 2 aliphatic carbocycles. The molecule has 26 heavy (non-hydrogen) atoms. The standard InChI is InChI=1S/C21H28N2O3/c1-25-19-11-17(12-20(13-19)26-2)21(24)23-7-5-22(6-8-23)14-18-10-15-3-4-16(18)9-15/h3-4,11-13,15-16,18H,5-10,14H2,1-2H3/p+1/t15-,16-,18-/m0/s1. The van der Waals surface area contributed by atoms with Crippen LogP contribution in [0.5, 0.6) is 11.5 Å². The number of hydrogen-bond acceptors (Lipinski definition) is 3. The number of nitrogens with one attached hydrogen (secondary N) is 1. The van der Waals surface area contributed by atoms with Gasteiger partial charge in [-0.15, -0.1) is 0 Å². The van der Waals surface area contributed by atoms with Gasteiger partial charge >= 0.3 is 0 Å². The number of carbonyl (C=O) groups excluding carboxylic acids is 1. The maximum Gasteiger partial charge on any atom is 0.254 e. The second-order valence-electron chi connectivity index (χ2n) is 7.89. The summed E-state index contributed by atoms with van der Waals surface area (Å²) in [4.78, 5) is 16.5. The number of allylic oxidation sites excluding steroid dienone is 2. The molecule has 2 fully saturated rings. The maximum atomic E-state index is 12.9. The molecule has 0 spiro atoms. The quantitative estimate of drug-likeness (QED) is 0.807. The van der Waals surface area contributed by atoms with Crippen LogP contribution < -0.4 is 14.4 Å². The molecule has 0 unspecified atom stereocenters. The number of ether oxygens (including phenoxy) is 2. The van der Waals surface area contributed by atoms with E-state index in [9.17, 15) is 4.79 Å². The Kier molecular flexibility index (Phi) is 4.90. The third-order valence-electron chi connectivity index (χ3n) is 6.32. The van der Waals surface area contributed by atoms with E-state index in [1.807, 2.05) is 4.90 Å². The predicted molar refractivity (Wildman–Crippen MR) is 99.9 cm³/mol. The zero-order valence-corrected chi connectivity index (χ0v) is 15.7. The molecule has 1 aromatic carbocycles. The number of fused-ring (bicyclic) bond motifs is 2. The first-order valence-electron chi connectivity index (χ1n) is 9.70. The molecular weight excluding hydrogens is 328 g/mol. The van der Waals surface area contributed by atoms with Crippen molar-refractivity contribution < 1.29 is 19.2 Å². The minimum absolute atomic E-state index is 0.0732. The van der Waals surface area contributed by atoms with Crippen molar-refractivity contribution in [2.45, 2.75) is 12.8 Å². The Morgan fingerprint density at radius 3 is 2.31 bits per heavy atom. The summed E-state index contributed by atoms with van der Waals surface area (Å²) < 4.78 is 10.6. The lowest BCUT2D eigenvalue weighted by Crippen LogP contribution is -3.15. The summed E-state index contributed by atoms with van der Waals surface area (Å²) in [6.45, 7) is 5.00. The second kappa shape index (κ2) is 7.31. The van der Waals surface area contributed by atoms with Crippen molar-refractivity contribution in [3.63, 3.8) is 0 Å². The van der Waals surface area contributed by atoms with Gasteiger partial charge in [0.25, 0.3) is 5.91 Å². The molecular formula is C21H29N2O3+. The monoisotopic (exact) mass is 357 g/mol. The van der Waals surface area contributed by atoms with E-state index >= 15 is 0 Å². The molecule has 0 aromatic heterocycles. The lowest BCUT2D eigenvalue weighted by Gasteiger charge is -2.34. The van der Waals surface area contributed by atoms with Crippen molar-refractivity contribution in [3.8, 4) is 11.5 Å². The number of amides is 1. The van der Waals surface area contributed by atoms with Gasteiger partial charge in [-0.3, -0.25) is 4.79 Å². The summed E-state index contributed by atoms with van der Waals surface area (Å²) in [5.74, 6) is 3.89. The molecule has 1 N–H and O–H groups in total. The normalized spacial score (nSPS) is 27.8. The van der Waals surface area contributed by atoms with E-state index in [1.54, 1.807) is 37.3 Å². The van der Waals surface area contributed by atoms with Gasteiger partial charge in [-0.1, -0.05) is 12.2 Å². The zero-order valence-electron chi connectivity index (χ0n) is 15.7. The maximum absolute atomic E-state index is 12.9. The van der Waals surface area contributed by atoms with Crippen molar-refractivity contribution in [1.82, 2.24) is 4.90 Å². The highest BCUT2D eigenvalue weighted by Crippen LogP contribution is 2.42. The fourth-order valence-electron chi connectivity index (χ4n) is 4.84. The van der Waals surface area contributed by atoms with Crippen LogP contribution in [0.2, 0.25) is 0 Å². The Labute approximate surface area is 155 Å². The molecule has 1 aliphatic heterocycles. The summed E-state index contributed by atoms with van der Waals surface area (Å²) >= 11 is 0. The number of hydrogen-bond donors (Lipinski definition) is 1. The van der Waals surface area contributed by atoms with E-state index in [-0.39, 0.29) is 5.91 Å². The summed E-state index contributed by atoms with van der Waals surface area (Å²) in [6.07, 6.45) is 7.60. The Bertz CT molecular complexity index is 672. The zero-order chi connectivity index (χ0) is 18.1. The van der Waals surface area contributed by atoms with Crippen LogP contribution >= 0.6 is 0 Å². The third-order valence-corrected chi connectivity index (χ3v) is 6.32. The molecule has 1 amide bonds. The van der Waals surface area contributed by atoms with Crippen LogP contribution in [0.15, 0.2) is 30.4 Å². The van der Waals surface area contributed by atoms with Gasteiger partial charge in [0.2, 0.25) is 0 Å². The summed E-state index contributed by atoms with van der Waals surface area (Å²) in [7, 11) is 3.21. The van der Waals surface area contributed by atoms with E-state index in [0.717, 1.165) is 43.9 Å². The van der Waals surface area contributed by atoms with Gasteiger partial charge < -0.3 is 19.3 Å². The van der Waals surface area contributed by atoms with Gasteiger partial charge in [-0.25, -0.2) is 0 Å². The van der Waals surface area contributed by atoms with Crippen LogP contribution in [0.3, 0.4) is 0 Å². The predicted octanol–water partition coefficient (Wildman–Crippen LogP) is 1.26. The topological polar surface area (TPSA) is 43.2 Å². The van der Waals surface area contributed by atoms with Crippen LogP contribution in [0.25, 0.3) is 0 Å². The number of nitrogens with zero attached hydrogens (tertiary/aromatic N) is 1. The number of quaternary nitrogens is 1. The SMILES string of the molecule is COc1cc(OC)cc(C(=O)N2CC[NH+](C[C@@H]3C[C@H]4C=C[C@H]3C4)CC2)c1. The average Bonchev–Trinajstić information content (AvgIpc) is 3.30. The Morgan fingerprint density at radius 1 is 1.08 bits per heavy atom.